The molecule has 1 aromatic rings. The standard InChI is InChI=1S/C21H8Cl12O5S/c22-11-13(24)18(28)9-7(16(11,26)20(18,30)31)3-1-5(15(34)35)6(39(36,37)38)2-4(3)8-10(9)19(29)14(25)12(23)17(8,27)21(19,32)33/h1-2,7-10H,(H,34,35)(H,36,37,38)/t7-,8-,9+,10-,16+,17+,18+,19+/m1/s1. The van der Waals surface area contributed by atoms with Crippen LogP contribution in [0.4, 0.5) is 0 Å². The number of rotatable bonds is 2. The molecule has 18 heteroatoms. The van der Waals surface area contributed by atoms with Gasteiger partial charge in [0.2, 0.25) is 0 Å². The lowest BCUT2D eigenvalue weighted by Gasteiger charge is -2.52. The molecule has 2 fully saturated rings. The highest BCUT2D eigenvalue weighted by atomic mass is 35.5. The van der Waals surface area contributed by atoms with Crippen LogP contribution in [0, 0.1) is 11.8 Å². The van der Waals surface area contributed by atoms with Crippen molar-refractivity contribution >= 4 is 155 Å². The summed E-state index contributed by atoms with van der Waals surface area (Å²) in [6.45, 7) is 0. The van der Waals surface area contributed by atoms with Crippen LogP contribution in [0.3, 0.4) is 0 Å². The van der Waals surface area contributed by atoms with Gasteiger partial charge in [0.05, 0.1) is 25.7 Å². The molecular weight excluding hydrogens is 790 g/mol. The van der Waals surface area contributed by atoms with Gasteiger partial charge in [-0.05, 0) is 23.3 Å². The number of hydrogen-bond acceptors (Lipinski definition) is 3. The summed E-state index contributed by atoms with van der Waals surface area (Å²) in [7, 11) is -5.11. The molecule has 2 N–H and O–H groups in total. The van der Waals surface area contributed by atoms with Crippen molar-refractivity contribution in [2.45, 2.75) is 44.9 Å². The first kappa shape index (κ1) is 30.6. The molecule has 0 aliphatic heterocycles. The quantitative estimate of drug-likeness (QED) is 0.231. The number of alkyl halides is 8. The first-order valence-corrected chi connectivity index (χ1v) is 16.5. The molecule has 0 radical (unpaired) electrons. The largest absolute Gasteiger partial charge is 0.478 e. The van der Waals surface area contributed by atoms with Gasteiger partial charge >= 0.3 is 5.97 Å². The van der Waals surface area contributed by atoms with Gasteiger partial charge in [0, 0.05) is 23.7 Å². The Morgan fingerprint density at radius 1 is 0.667 bits per heavy atom. The van der Waals surface area contributed by atoms with E-state index in [9.17, 15) is 22.9 Å². The van der Waals surface area contributed by atoms with Crippen molar-refractivity contribution in [2.24, 2.45) is 11.8 Å². The van der Waals surface area contributed by atoms with E-state index in [1.165, 1.54) is 0 Å². The van der Waals surface area contributed by atoms with Crippen LogP contribution in [-0.2, 0) is 10.1 Å². The molecule has 0 aromatic heterocycles. The molecule has 5 aliphatic rings. The Morgan fingerprint density at radius 2 is 1.00 bits per heavy atom. The zero-order valence-electron chi connectivity index (χ0n) is 18.0. The highest BCUT2D eigenvalue weighted by Gasteiger charge is 2.91. The lowest BCUT2D eigenvalue weighted by Crippen LogP contribution is -2.53. The molecule has 5 aliphatic carbocycles. The summed E-state index contributed by atoms with van der Waals surface area (Å²) in [6, 6.07) is 1.92. The van der Waals surface area contributed by atoms with Crippen LogP contribution in [0.1, 0.15) is 33.3 Å². The summed E-state index contributed by atoms with van der Waals surface area (Å²) in [6.07, 6.45) is 0. The number of carbonyl (C=O) groups is 1. The third-order valence-corrected chi connectivity index (χ3v) is 18.2. The van der Waals surface area contributed by atoms with Gasteiger partial charge in [-0.15, -0.1) is 46.4 Å². The van der Waals surface area contributed by atoms with Crippen molar-refractivity contribution in [3.8, 4) is 0 Å². The van der Waals surface area contributed by atoms with Crippen molar-refractivity contribution in [1.82, 2.24) is 0 Å². The van der Waals surface area contributed by atoms with E-state index in [1.54, 1.807) is 0 Å². The van der Waals surface area contributed by atoms with Gasteiger partial charge in [-0.1, -0.05) is 92.8 Å². The Labute approximate surface area is 281 Å². The van der Waals surface area contributed by atoms with E-state index < -0.39 is 78.4 Å². The van der Waals surface area contributed by atoms with Crippen molar-refractivity contribution in [1.29, 1.82) is 0 Å². The number of fused-ring (bicyclic) bond motifs is 14. The van der Waals surface area contributed by atoms with E-state index in [0.717, 1.165) is 12.1 Å². The zero-order valence-corrected chi connectivity index (χ0v) is 27.9. The third kappa shape index (κ3) is 2.87. The maximum Gasteiger partial charge on any atom is 0.337 e. The van der Waals surface area contributed by atoms with E-state index in [4.69, 9.17) is 139 Å². The third-order valence-electron chi connectivity index (χ3n) is 8.74. The molecule has 6 rings (SSSR count). The first-order chi connectivity index (χ1) is 17.5. The normalized spacial score (nSPS) is 44.5. The molecule has 0 amide bonds. The van der Waals surface area contributed by atoms with Gasteiger partial charge in [0.15, 0.2) is 8.67 Å². The maximum atomic E-state index is 12.3. The van der Waals surface area contributed by atoms with Crippen LogP contribution in [0.5, 0.6) is 0 Å². The Balaban J connectivity index is 1.84. The highest BCUT2D eigenvalue weighted by molar-refractivity contribution is 7.86. The number of allylic oxidation sites excluding steroid dienone is 4. The summed E-state index contributed by atoms with van der Waals surface area (Å²) in [5, 5.41) is 9.02. The van der Waals surface area contributed by atoms with Crippen molar-refractivity contribution in [2.75, 3.05) is 0 Å². The number of carboxylic acids is 1. The SMILES string of the molecule is O=C(O)c1cc2c(cc1S(=O)(=O)O)[C@@H]1[C@H]([C@@H]3[C@@H]2[C@]2(Cl)C(Cl)=C(Cl)[C@]3(Cl)C2(Cl)Cl)[C@]2(Cl)C(Cl)=C(Cl)[C@]1(Cl)C2(Cl)Cl. The van der Waals surface area contributed by atoms with Crippen LogP contribution in [-0.4, -0.2) is 52.2 Å². The number of aromatic carboxylic acids is 1. The second kappa shape index (κ2) is 8.23. The molecule has 212 valence electrons. The molecular formula is C21H8Cl12O5S. The smallest absolute Gasteiger partial charge is 0.337 e. The lowest BCUT2D eigenvalue weighted by atomic mass is 9.57. The van der Waals surface area contributed by atoms with E-state index in [2.05, 4.69) is 0 Å². The van der Waals surface area contributed by atoms with Crippen LogP contribution in [0.25, 0.3) is 0 Å². The number of carboxylic acid groups (broad SMARTS) is 1. The van der Waals surface area contributed by atoms with Crippen LogP contribution in [0.15, 0.2) is 37.2 Å². The van der Waals surface area contributed by atoms with Gasteiger partial charge < -0.3 is 5.11 Å². The second-order valence-corrected chi connectivity index (χ2v) is 18.0. The van der Waals surface area contributed by atoms with Crippen molar-refractivity contribution in [3.05, 3.63) is 49.0 Å². The topological polar surface area (TPSA) is 91.7 Å². The van der Waals surface area contributed by atoms with E-state index in [0.29, 0.717) is 0 Å². The molecule has 0 unspecified atom stereocenters. The minimum absolute atomic E-state index is 0.0296. The Kier molecular flexibility index (Phi) is 6.45. The fraction of sp³-hybridized carbons (Fsp3) is 0.476. The van der Waals surface area contributed by atoms with Crippen molar-refractivity contribution < 1.29 is 22.9 Å². The Morgan fingerprint density at radius 3 is 1.33 bits per heavy atom. The van der Waals surface area contributed by atoms with Crippen LogP contribution < -0.4 is 0 Å². The van der Waals surface area contributed by atoms with Gasteiger partial charge in [-0.2, -0.15) is 8.42 Å². The zero-order chi connectivity index (χ0) is 29.4. The predicted octanol–water partition coefficient (Wildman–Crippen LogP) is 8.74. The van der Waals surface area contributed by atoms with Crippen LogP contribution in [0.2, 0.25) is 0 Å². The maximum absolute atomic E-state index is 12.3. The summed E-state index contributed by atoms with van der Waals surface area (Å²) in [5.41, 5.74) is -0.688. The number of halogens is 12. The fourth-order valence-corrected chi connectivity index (χ4v) is 14.1. The molecule has 0 saturated heterocycles. The van der Waals surface area contributed by atoms with E-state index in [1.807, 2.05) is 0 Å². The minimum Gasteiger partial charge on any atom is -0.478 e. The van der Waals surface area contributed by atoms with E-state index >= 15 is 0 Å². The average molecular weight is 798 g/mol. The van der Waals surface area contributed by atoms with Crippen LogP contribution >= 0.6 is 139 Å². The summed E-state index contributed by atoms with van der Waals surface area (Å²) in [5.74, 6) is -6.33. The molecule has 2 saturated carbocycles. The van der Waals surface area contributed by atoms with Gasteiger partial charge in [0.1, 0.15) is 24.4 Å². The lowest BCUT2D eigenvalue weighted by molar-refractivity contribution is 0.0691. The Bertz CT molecular complexity index is 1620. The van der Waals surface area contributed by atoms with Gasteiger partial charge in [-0.3, -0.25) is 4.55 Å². The minimum atomic E-state index is -5.11. The van der Waals surface area contributed by atoms with Crippen molar-refractivity contribution in [3.63, 3.8) is 0 Å². The summed E-state index contributed by atoms with van der Waals surface area (Å²) in [4.78, 5) is 3.26. The highest BCUT2D eigenvalue weighted by Crippen LogP contribution is 2.88. The summed E-state index contributed by atoms with van der Waals surface area (Å²) < 4.78 is 30.3. The number of benzene rings is 1. The first-order valence-electron chi connectivity index (χ1n) is 10.6. The molecule has 0 spiro atoms. The van der Waals surface area contributed by atoms with E-state index in [-0.39, 0.29) is 31.3 Å². The monoisotopic (exact) mass is 792 g/mol. The second-order valence-electron chi connectivity index (χ2n) is 10.0. The fourth-order valence-electron chi connectivity index (χ4n) is 7.31. The number of hydrogen-bond donors (Lipinski definition) is 2. The molecule has 39 heavy (non-hydrogen) atoms. The molecule has 5 nitrogen and oxygen atoms in total. The van der Waals surface area contributed by atoms with Gasteiger partial charge in [0.25, 0.3) is 10.1 Å². The Hall–Kier alpha value is 1.56. The van der Waals surface area contributed by atoms with Gasteiger partial charge in [-0.25, -0.2) is 4.79 Å². The predicted molar refractivity (Wildman–Crippen MR) is 156 cm³/mol. The average Bonchev–Trinajstić information content (AvgIpc) is 3.16. The molecule has 8 atom stereocenters. The molecule has 4 bridgehead atoms. The molecule has 0 heterocycles. The summed E-state index contributed by atoms with van der Waals surface area (Å²) >= 11 is 82.7. The molecule has 1 aromatic carbocycles.